The lowest BCUT2D eigenvalue weighted by Crippen LogP contribution is -2.62. The number of thioether (sulfide) groups is 1. The summed E-state index contributed by atoms with van der Waals surface area (Å²) in [6, 6.07) is 4.07. The van der Waals surface area contributed by atoms with E-state index in [1.807, 2.05) is 13.8 Å². The molecule has 14 atom stereocenters. The van der Waals surface area contributed by atoms with Crippen LogP contribution in [0.2, 0.25) is 0 Å². The number of amides is 17. The second-order valence-corrected chi connectivity index (χ2v) is 34.9. The molecular formula is C89H126N24O18S. The predicted octanol–water partition coefficient (Wildman–Crippen LogP) is -1.79. The summed E-state index contributed by atoms with van der Waals surface area (Å²) >= 11 is 0.507. The van der Waals surface area contributed by atoms with Crippen molar-refractivity contribution < 1.29 is 86.6 Å². The number of unbranched alkanes of at least 4 members (excludes halogenated alkanes) is 2. The molecule has 42 nitrogen and oxygen atoms in total. The Bertz CT molecular complexity index is 5070. The number of benzene rings is 3. The number of nitrogens with zero attached hydrogens (tertiary/aromatic N) is 6. The number of nitrogens with two attached hydrogens (primary N) is 3. The molecule has 5 heterocycles. The fourth-order valence-corrected chi connectivity index (χ4v) is 16.6. The molecular weight excluding hydrogens is 1730 g/mol. The van der Waals surface area contributed by atoms with Gasteiger partial charge in [0.25, 0.3) is 5.91 Å². The zero-order valence-electron chi connectivity index (χ0n) is 76.0. The van der Waals surface area contributed by atoms with Gasteiger partial charge in [-0.3, -0.25) is 86.9 Å². The smallest absolute Gasteiger partial charge is 0.253 e. The van der Waals surface area contributed by atoms with Gasteiger partial charge in [0.15, 0.2) is 11.3 Å². The number of hydrogen-bond donors (Lipinski definition) is 19. The average molecular weight is 1850 g/mol. The molecule has 0 bridgehead atoms. The summed E-state index contributed by atoms with van der Waals surface area (Å²) in [5.74, 6) is -17.4. The number of aromatic amines is 3. The molecule has 2 fully saturated rings. The summed E-state index contributed by atoms with van der Waals surface area (Å²) in [5.41, 5.74) is 20.0. The summed E-state index contributed by atoms with van der Waals surface area (Å²) in [5, 5.41) is 48.0. The monoisotopic (exact) mass is 1850 g/mol. The lowest BCUT2D eigenvalue weighted by molar-refractivity contribution is -0.149. The van der Waals surface area contributed by atoms with Crippen LogP contribution in [0, 0.1) is 11.3 Å². The zero-order valence-corrected chi connectivity index (χ0v) is 76.9. The molecule has 2 aliphatic heterocycles. The van der Waals surface area contributed by atoms with E-state index < -0.39 is 216 Å². The van der Waals surface area contributed by atoms with Gasteiger partial charge in [-0.25, -0.2) is 4.98 Å². The van der Waals surface area contributed by atoms with E-state index in [2.05, 4.69) is 78.4 Å². The van der Waals surface area contributed by atoms with Gasteiger partial charge in [-0.2, -0.15) is 0 Å². The first-order valence-electron chi connectivity index (χ1n) is 44.2. The molecule has 0 radical (unpaired) electrons. The van der Waals surface area contributed by atoms with E-state index >= 15 is 24.0 Å². The average Bonchev–Trinajstić information content (AvgIpc) is 1.65. The van der Waals surface area contributed by atoms with Crippen molar-refractivity contribution in [2.45, 2.75) is 228 Å². The molecule has 22 N–H and O–H groups in total. The van der Waals surface area contributed by atoms with Gasteiger partial charge >= 0.3 is 0 Å². The maximum atomic E-state index is 15.8. The number of primary amides is 2. The molecule has 0 saturated carbocycles. The highest BCUT2D eigenvalue weighted by molar-refractivity contribution is 8.01. The number of H-pyrrole nitrogens is 3. The van der Waals surface area contributed by atoms with Crippen LogP contribution in [0.3, 0.4) is 0 Å². The Hall–Kier alpha value is -13.5. The first-order valence-corrected chi connectivity index (χ1v) is 45.2. The highest BCUT2D eigenvalue weighted by atomic mass is 32.2. The fraction of sp³-hybridized carbons (Fsp3) is 0.517. The number of aromatic nitrogens is 4. The highest BCUT2D eigenvalue weighted by Crippen LogP contribution is 2.26. The Morgan fingerprint density at radius 2 is 1.08 bits per heavy atom. The maximum Gasteiger partial charge on any atom is 0.253 e. The van der Waals surface area contributed by atoms with E-state index in [1.165, 1.54) is 54.6 Å². The molecule has 2 aliphatic rings. The van der Waals surface area contributed by atoms with Gasteiger partial charge in [0.05, 0.1) is 37.7 Å². The molecule has 132 heavy (non-hydrogen) atoms. The lowest BCUT2D eigenvalue weighted by Gasteiger charge is -2.36. The standard InChI is InChI=1S/C89H126N24O18S/c1-11-13-31-67-79(123)102-60(30-22-34-95-89(92)93)76(120)108-83(82(126)98-45-71(91)116)132-47-73(118)101-64(37-52-24-16-15-17-25-52)85(128)110(8)50(5)75(119)104-66(41-70(90)115)87(130)113-35-23-33-68(113)80(124)103-62(40-55-44-94-48-99-55)77(121)105-63(36-49(3)4)84(127)109(7)46-72(117)100-61(38-53-42-96-58-28-20-18-26-56(53)58)78(122)107-74(51(6)114)81(125)106-65(39-54-43-97-59-29-21-19-27-57(54)59)86(129)112(10)69(32-14-12-2)88(131)111(67)9/h15-21,24-29,42-44,48-51,60-69,74,83,96-97,114H,11-14,22-23,30-41,45-47H2,1-10H3,(H2,90,115)(H2,91,116)(H,94,99)(H,98,126)(H,100,117)(H,101,118)(H,102,123)(H,103,124)(H,104,119)(H,105,121)(H,106,125)(H,107,122)(H,108,120)(H4,92,93,95)/t50-,51+,60-,61-,62-,63-,64?,65-,66-,67-,68-,69-,74-,83?/m0/s1. The first kappa shape index (κ1) is 104. The zero-order chi connectivity index (χ0) is 96.7. The van der Waals surface area contributed by atoms with Gasteiger partial charge in [-0.15, -0.1) is 11.8 Å². The van der Waals surface area contributed by atoms with Crippen LogP contribution in [0.15, 0.2) is 104 Å². The number of hydrogen-bond acceptors (Lipinski definition) is 21. The maximum absolute atomic E-state index is 15.8. The van der Waals surface area contributed by atoms with Gasteiger partial charge < -0.3 is 120 Å². The highest BCUT2D eigenvalue weighted by Gasteiger charge is 2.44. The summed E-state index contributed by atoms with van der Waals surface area (Å²) in [6.45, 7) is 8.09. The SMILES string of the molecule is CCCC[C@H]1C(=O)N(C)[C@@H](CCCC)C(=O)N[C@@H](CCCNC(=N)N)C(=O)NC(C(=O)NCC(N)=O)SCC(=O)NC(Cc2ccccc2)C(=O)N(C)[C@@H](C)C(=O)N[C@@H](CC(N)=O)C(=O)N2CCC[C@H]2C(=O)N[C@@H](Cc2cnc[nH]2)C(=O)N[C@@H](CC(C)C)C(=O)N(C)CC(=O)N[C@@H](Cc2c[nH]c3ccccc23)C(=O)N[C@@H]([C@@H](C)O)C(=O)N[C@@H](Cc2c[nH]c3ccccc23)C(=O)N1C. The lowest BCUT2D eigenvalue weighted by atomic mass is 9.99. The van der Waals surface area contributed by atoms with E-state index in [9.17, 15) is 62.6 Å². The minimum absolute atomic E-state index is 0.00588. The normalized spacial score (nSPS) is 23.7. The van der Waals surface area contributed by atoms with Gasteiger partial charge in [0.1, 0.15) is 72.5 Å². The number of imidazole rings is 1. The van der Waals surface area contributed by atoms with E-state index in [0.29, 0.717) is 81.6 Å². The van der Waals surface area contributed by atoms with Gasteiger partial charge in [0, 0.05) is 113 Å². The second-order valence-electron chi connectivity index (χ2n) is 33.8. The Balaban J connectivity index is 1.20. The summed E-state index contributed by atoms with van der Waals surface area (Å²) in [7, 11) is 5.21. The molecule has 3 aromatic heterocycles. The van der Waals surface area contributed by atoms with E-state index in [-0.39, 0.29) is 89.6 Å². The minimum atomic E-state index is -1.89. The van der Waals surface area contributed by atoms with Crippen molar-refractivity contribution in [2.75, 3.05) is 60.1 Å². The summed E-state index contributed by atoms with van der Waals surface area (Å²) in [4.78, 5) is 268. The Labute approximate surface area is 768 Å². The van der Waals surface area contributed by atoms with Crippen LogP contribution in [0.4, 0.5) is 0 Å². The van der Waals surface area contributed by atoms with Crippen molar-refractivity contribution in [1.82, 2.24) is 103 Å². The minimum Gasteiger partial charge on any atom is -0.391 e. The molecule has 2 unspecified atom stereocenters. The van der Waals surface area contributed by atoms with Gasteiger partial charge in [0.2, 0.25) is 94.5 Å². The second kappa shape index (κ2) is 50.1. The quantitative estimate of drug-likeness (QED) is 0.0162. The number of nitrogens with one attached hydrogen (secondary N) is 15. The van der Waals surface area contributed by atoms with E-state index in [1.54, 1.807) is 105 Å². The molecule has 2 saturated heterocycles. The molecule has 17 amide bonds. The predicted molar refractivity (Wildman–Crippen MR) is 489 cm³/mol. The van der Waals surface area contributed by atoms with Crippen LogP contribution in [-0.4, -0.2) is 300 Å². The topological polar surface area (TPSA) is 621 Å². The summed E-state index contributed by atoms with van der Waals surface area (Å²) < 4.78 is 0. The van der Waals surface area contributed by atoms with Crippen LogP contribution in [0.25, 0.3) is 21.8 Å². The van der Waals surface area contributed by atoms with Crippen LogP contribution in [-0.2, 0) is 107 Å². The molecule has 6 aromatic rings. The molecule has 0 aliphatic carbocycles. The number of guanidine groups is 1. The van der Waals surface area contributed by atoms with Crippen LogP contribution in [0.1, 0.15) is 141 Å². The van der Waals surface area contributed by atoms with Crippen LogP contribution in [0.5, 0.6) is 0 Å². The molecule has 0 spiro atoms. The number of aliphatic hydroxyl groups excluding tert-OH is 1. The van der Waals surface area contributed by atoms with Crippen LogP contribution >= 0.6 is 11.8 Å². The fourth-order valence-electron chi connectivity index (χ4n) is 15.8. The molecule has 716 valence electrons. The number of rotatable bonds is 26. The Morgan fingerprint density at radius 1 is 0.538 bits per heavy atom. The molecule has 8 rings (SSSR count). The number of carbonyl (C=O) groups excluding carboxylic acids is 17. The Kier molecular flexibility index (Phi) is 39.4. The number of para-hydroxylation sites is 2. The third kappa shape index (κ3) is 29.8. The van der Waals surface area contributed by atoms with Crippen molar-refractivity contribution in [1.29, 1.82) is 5.41 Å². The summed E-state index contributed by atoms with van der Waals surface area (Å²) in [6.07, 6.45) is 4.01. The number of aliphatic hydroxyl groups is 1. The number of carbonyl (C=O) groups is 17. The van der Waals surface area contributed by atoms with Crippen molar-refractivity contribution in [2.24, 2.45) is 23.1 Å². The first-order chi connectivity index (χ1) is 62.8. The third-order valence-corrected chi connectivity index (χ3v) is 24.2. The van der Waals surface area contributed by atoms with Crippen molar-refractivity contribution in [3.63, 3.8) is 0 Å². The van der Waals surface area contributed by atoms with E-state index in [0.717, 1.165) is 24.5 Å². The van der Waals surface area contributed by atoms with Crippen molar-refractivity contribution in [3.05, 3.63) is 126 Å². The van der Waals surface area contributed by atoms with Crippen LogP contribution < -0.4 is 75.7 Å². The molecule has 43 heteroatoms. The van der Waals surface area contributed by atoms with Crippen molar-refractivity contribution >= 4 is 140 Å². The van der Waals surface area contributed by atoms with Crippen molar-refractivity contribution in [3.8, 4) is 0 Å². The Morgan fingerprint density at radius 3 is 1.68 bits per heavy atom. The third-order valence-electron chi connectivity index (χ3n) is 23.1. The van der Waals surface area contributed by atoms with E-state index in [4.69, 9.17) is 22.6 Å². The number of likely N-dealkylation sites (N-methyl/N-ethyl adjacent to an activating group) is 4. The largest absolute Gasteiger partial charge is 0.391 e. The van der Waals surface area contributed by atoms with Gasteiger partial charge in [-0.05, 0) is 93.5 Å². The van der Waals surface area contributed by atoms with Gasteiger partial charge in [-0.1, -0.05) is 120 Å². The number of fused-ring (bicyclic) bond motifs is 3. The molecule has 3 aromatic carbocycles.